The molecule has 0 bridgehead atoms. The highest BCUT2D eigenvalue weighted by Gasteiger charge is 2.59. The molecule has 2 fully saturated rings. The summed E-state index contributed by atoms with van der Waals surface area (Å²) in [5.74, 6) is 0.810. The van der Waals surface area contributed by atoms with E-state index in [1.807, 2.05) is 0 Å². The summed E-state index contributed by atoms with van der Waals surface area (Å²) >= 11 is 0. The van der Waals surface area contributed by atoms with Gasteiger partial charge in [0.15, 0.2) is 8.32 Å². The first-order valence-corrected chi connectivity index (χ1v) is 14.7. The predicted octanol–water partition coefficient (Wildman–Crippen LogP) is 7.50. The van der Waals surface area contributed by atoms with Crippen LogP contribution in [0, 0.1) is 22.7 Å². The highest BCUT2D eigenvalue weighted by Crippen LogP contribution is 2.63. The number of hydrogen-bond acceptors (Lipinski definition) is 2. The molecule has 2 saturated carbocycles. The normalized spacial score (nSPS) is 35.9. The zero-order chi connectivity index (χ0) is 22.3. The van der Waals surface area contributed by atoms with Crippen LogP contribution in [0.3, 0.4) is 0 Å². The molecule has 2 aliphatic carbocycles. The van der Waals surface area contributed by atoms with E-state index in [0.29, 0.717) is 12.0 Å². The third-order valence-corrected chi connectivity index (χ3v) is 13.5. The molecule has 0 saturated heterocycles. The summed E-state index contributed by atoms with van der Waals surface area (Å²) in [5, 5.41) is 10.5. The zero-order valence-corrected chi connectivity index (χ0v) is 21.8. The molecule has 2 nitrogen and oxygen atoms in total. The molecule has 0 amide bonds. The molecule has 0 aromatic carbocycles. The smallest absolute Gasteiger partial charge is 0.192 e. The first-order valence-electron chi connectivity index (χ1n) is 11.8. The Morgan fingerprint density at radius 1 is 1.24 bits per heavy atom. The van der Waals surface area contributed by atoms with Crippen molar-refractivity contribution in [1.29, 1.82) is 0 Å². The summed E-state index contributed by atoms with van der Waals surface area (Å²) < 4.78 is 7.14. The molecular formula is C26H48O2Si. The lowest BCUT2D eigenvalue weighted by Crippen LogP contribution is -2.59. The van der Waals surface area contributed by atoms with E-state index >= 15 is 0 Å². The van der Waals surface area contributed by atoms with Crippen molar-refractivity contribution in [3.63, 3.8) is 0 Å². The lowest BCUT2D eigenvalue weighted by Gasteiger charge is -2.62. The monoisotopic (exact) mass is 420 g/mol. The Labute approximate surface area is 182 Å². The average Bonchev–Trinajstić information content (AvgIpc) is 2.56. The fourth-order valence-electron chi connectivity index (χ4n) is 6.04. The fraction of sp³-hybridized carbons (Fsp3) is 0.846. The van der Waals surface area contributed by atoms with Gasteiger partial charge >= 0.3 is 0 Å². The first-order chi connectivity index (χ1) is 13.2. The van der Waals surface area contributed by atoms with Crippen LogP contribution in [0.1, 0.15) is 87.0 Å². The van der Waals surface area contributed by atoms with E-state index in [2.05, 4.69) is 74.2 Å². The van der Waals surface area contributed by atoms with Gasteiger partial charge in [0.05, 0.1) is 12.7 Å². The Hall–Kier alpha value is -0.383. The van der Waals surface area contributed by atoms with Crippen molar-refractivity contribution in [2.75, 3.05) is 6.61 Å². The maximum absolute atomic E-state index is 10.2. The second kappa shape index (κ2) is 8.63. The minimum atomic E-state index is -1.84. The van der Waals surface area contributed by atoms with Gasteiger partial charge in [0.25, 0.3) is 0 Å². The standard InChI is InChI=1S/C26H48O2Si/c1-19(2)12-11-16-26(8)22-14-13-20(3)21(18-27)25(22,7)17-15-23(26)28-29(9,10)24(4,5)6/h12,21-23,27H,3,11,13-18H2,1-2,4-10H3/t21-,22-,23+,25-,26+/m1/s1. The van der Waals surface area contributed by atoms with E-state index < -0.39 is 8.32 Å². The van der Waals surface area contributed by atoms with Gasteiger partial charge < -0.3 is 9.53 Å². The van der Waals surface area contributed by atoms with Crippen LogP contribution in [0.25, 0.3) is 0 Å². The van der Waals surface area contributed by atoms with Crippen LogP contribution < -0.4 is 0 Å². The molecule has 0 aliphatic heterocycles. The van der Waals surface area contributed by atoms with Crippen LogP contribution in [0.4, 0.5) is 0 Å². The van der Waals surface area contributed by atoms with Crippen molar-refractivity contribution >= 4 is 8.32 Å². The SMILES string of the molecule is C=C1CC[C@H]2[C@](C)(CCC=C(C)C)[C@@H](O[Si](C)(C)C(C)(C)C)CC[C@]2(C)[C@@H]1CO. The fourth-order valence-corrected chi connectivity index (χ4v) is 7.49. The molecule has 3 heteroatoms. The van der Waals surface area contributed by atoms with Crippen LogP contribution >= 0.6 is 0 Å². The minimum absolute atomic E-state index is 0.136. The highest BCUT2D eigenvalue weighted by molar-refractivity contribution is 6.74. The van der Waals surface area contributed by atoms with E-state index in [1.54, 1.807) is 0 Å². The summed E-state index contributed by atoms with van der Waals surface area (Å²) in [6.07, 6.45) is 9.48. The van der Waals surface area contributed by atoms with Gasteiger partial charge in [-0.1, -0.05) is 58.4 Å². The largest absolute Gasteiger partial charge is 0.413 e. The van der Waals surface area contributed by atoms with Gasteiger partial charge in [0.2, 0.25) is 0 Å². The molecule has 5 atom stereocenters. The summed E-state index contributed by atoms with van der Waals surface area (Å²) in [6, 6.07) is 0. The van der Waals surface area contributed by atoms with Gasteiger partial charge in [-0.25, -0.2) is 0 Å². The summed E-state index contributed by atoms with van der Waals surface area (Å²) in [5.41, 5.74) is 2.95. The number of fused-ring (bicyclic) bond motifs is 1. The Morgan fingerprint density at radius 2 is 1.86 bits per heavy atom. The Balaban J connectivity index is 2.43. The van der Waals surface area contributed by atoms with Crippen molar-refractivity contribution in [2.24, 2.45) is 22.7 Å². The quantitative estimate of drug-likeness (QED) is 0.356. The van der Waals surface area contributed by atoms with Crippen LogP contribution in [-0.2, 0) is 4.43 Å². The van der Waals surface area contributed by atoms with Crippen LogP contribution in [0.15, 0.2) is 23.8 Å². The van der Waals surface area contributed by atoms with E-state index in [1.165, 1.54) is 24.0 Å². The second-order valence-electron chi connectivity index (χ2n) is 12.2. The Kier molecular flexibility index (Phi) is 7.40. The lowest BCUT2D eigenvalue weighted by atomic mass is 9.46. The van der Waals surface area contributed by atoms with E-state index in [9.17, 15) is 5.11 Å². The molecule has 0 heterocycles. The molecule has 2 aliphatic rings. The molecule has 0 aromatic rings. The first kappa shape index (κ1) is 24.9. The van der Waals surface area contributed by atoms with Gasteiger partial charge in [-0.3, -0.25) is 0 Å². The molecule has 0 unspecified atom stereocenters. The van der Waals surface area contributed by atoms with E-state index in [4.69, 9.17) is 4.43 Å². The van der Waals surface area contributed by atoms with Crippen molar-refractivity contribution in [3.8, 4) is 0 Å². The third kappa shape index (κ3) is 4.77. The third-order valence-electron chi connectivity index (χ3n) is 8.98. The van der Waals surface area contributed by atoms with Gasteiger partial charge in [-0.05, 0) is 87.3 Å². The van der Waals surface area contributed by atoms with Crippen molar-refractivity contribution in [3.05, 3.63) is 23.8 Å². The Bertz CT molecular complexity index is 625. The van der Waals surface area contributed by atoms with Crippen molar-refractivity contribution < 1.29 is 9.53 Å². The van der Waals surface area contributed by atoms with Gasteiger partial charge in [-0.15, -0.1) is 0 Å². The van der Waals surface area contributed by atoms with Gasteiger partial charge in [0.1, 0.15) is 0 Å². The number of aliphatic hydroxyl groups is 1. The van der Waals surface area contributed by atoms with Gasteiger partial charge in [-0.2, -0.15) is 0 Å². The van der Waals surface area contributed by atoms with Gasteiger partial charge in [0, 0.05) is 5.92 Å². The molecule has 0 radical (unpaired) electrons. The van der Waals surface area contributed by atoms with Crippen molar-refractivity contribution in [2.45, 2.75) is 111 Å². The molecule has 1 N–H and O–H groups in total. The number of allylic oxidation sites excluding steroid dienone is 2. The van der Waals surface area contributed by atoms with E-state index in [-0.39, 0.29) is 28.4 Å². The highest BCUT2D eigenvalue weighted by atomic mass is 28.4. The molecule has 29 heavy (non-hydrogen) atoms. The van der Waals surface area contributed by atoms with Crippen LogP contribution in [0.2, 0.25) is 18.1 Å². The molecular weight excluding hydrogens is 372 g/mol. The summed E-state index contributed by atoms with van der Waals surface area (Å²) in [7, 11) is -1.84. The van der Waals surface area contributed by atoms with Crippen LogP contribution in [0.5, 0.6) is 0 Å². The summed E-state index contributed by atoms with van der Waals surface area (Å²) in [4.78, 5) is 0. The Morgan fingerprint density at radius 3 is 2.38 bits per heavy atom. The molecule has 0 aromatic heterocycles. The average molecular weight is 421 g/mol. The predicted molar refractivity (Wildman–Crippen MR) is 129 cm³/mol. The van der Waals surface area contributed by atoms with Crippen molar-refractivity contribution in [1.82, 2.24) is 0 Å². The molecule has 2 rings (SSSR count). The maximum Gasteiger partial charge on any atom is 0.192 e. The van der Waals surface area contributed by atoms with E-state index in [0.717, 1.165) is 25.7 Å². The maximum atomic E-state index is 10.2. The number of aliphatic hydroxyl groups excluding tert-OH is 1. The lowest BCUT2D eigenvalue weighted by molar-refractivity contribution is -0.136. The zero-order valence-electron chi connectivity index (χ0n) is 20.8. The molecule has 0 spiro atoms. The summed E-state index contributed by atoms with van der Waals surface area (Å²) in [6.45, 7) is 25.8. The molecule has 168 valence electrons. The minimum Gasteiger partial charge on any atom is -0.413 e. The van der Waals surface area contributed by atoms with Crippen LogP contribution in [-0.4, -0.2) is 26.1 Å². The topological polar surface area (TPSA) is 29.5 Å². The number of hydrogen-bond donors (Lipinski definition) is 1. The number of rotatable bonds is 6. The second-order valence-corrected chi connectivity index (χ2v) is 17.0.